The largest absolute Gasteiger partial charge is 0.473 e. The third-order valence-electron chi connectivity index (χ3n) is 6.17. The van der Waals surface area contributed by atoms with Gasteiger partial charge in [-0.05, 0) is 25.1 Å². The van der Waals surface area contributed by atoms with Crippen molar-refractivity contribution < 1.29 is 22.6 Å². The van der Waals surface area contributed by atoms with Gasteiger partial charge >= 0.3 is 0 Å². The zero-order valence-corrected chi connectivity index (χ0v) is 22.1. The lowest BCUT2D eigenvalue weighted by Gasteiger charge is -2.33. The van der Waals surface area contributed by atoms with Crippen LogP contribution in [0.5, 0.6) is 5.88 Å². The zero-order chi connectivity index (χ0) is 24.4. The first-order valence-corrected chi connectivity index (χ1v) is 13.5. The number of morpholine rings is 2. The number of rotatable bonds is 6. The highest BCUT2D eigenvalue weighted by Crippen LogP contribution is 2.29. The summed E-state index contributed by atoms with van der Waals surface area (Å²) in [4.78, 5) is 15.9. The van der Waals surface area contributed by atoms with Gasteiger partial charge in [0, 0.05) is 49.8 Å². The molecule has 36 heavy (non-hydrogen) atoms. The summed E-state index contributed by atoms with van der Waals surface area (Å²) in [5.74, 6) is 0.344. The number of anilines is 1. The first-order chi connectivity index (χ1) is 16.9. The molecule has 1 unspecified atom stereocenters. The molecular weight excluding hydrogens is 502 g/mol. The van der Waals surface area contributed by atoms with Gasteiger partial charge in [-0.25, -0.2) is 18.4 Å². The Morgan fingerprint density at radius 2 is 1.81 bits per heavy atom. The van der Waals surface area contributed by atoms with Gasteiger partial charge in [-0.3, -0.25) is 4.98 Å². The Hall–Kier alpha value is -2.51. The van der Waals surface area contributed by atoms with Crippen LogP contribution < -0.4 is 9.64 Å². The fourth-order valence-electron chi connectivity index (χ4n) is 4.35. The summed E-state index contributed by atoms with van der Waals surface area (Å²) in [6.45, 7) is 5.60. The molecule has 5 rings (SSSR count). The van der Waals surface area contributed by atoms with Gasteiger partial charge < -0.3 is 19.1 Å². The second kappa shape index (κ2) is 11.3. The number of benzene rings is 1. The van der Waals surface area contributed by atoms with Crippen LogP contribution in [0.4, 0.5) is 5.69 Å². The summed E-state index contributed by atoms with van der Waals surface area (Å²) in [7, 11) is -3.28. The van der Waals surface area contributed by atoms with Crippen molar-refractivity contribution in [1.29, 1.82) is 0 Å². The number of hydrogen-bond acceptors (Lipinski definition) is 9. The molecule has 0 bridgehead atoms. The van der Waals surface area contributed by atoms with Crippen LogP contribution >= 0.6 is 13.5 Å². The predicted molar refractivity (Wildman–Crippen MR) is 142 cm³/mol. The van der Waals surface area contributed by atoms with E-state index in [1.54, 1.807) is 12.4 Å². The molecule has 12 heteroatoms. The maximum Gasteiger partial charge on any atom is 0.242 e. The van der Waals surface area contributed by atoms with E-state index in [4.69, 9.17) is 19.2 Å². The minimum absolute atomic E-state index is 0. The summed E-state index contributed by atoms with van der Waals surface area (Å²) in [6, 6.07) is 10.2. The molecule has 2 saturated heterocycles. The molecule has 2 atom stereocenters. The molecule has 0 amide bonds. The van der Waals surface area contributed by atoms with Crippen molar-refractivity contribution in [2.75, 3.05) is 57.2 Å². The smallest absolute Gasteiger partial charge is 0.242 e. The normalized spacial score (nSPS) is 21.2. The lowest BCUT2D eigenvalue weighted by Crippen LogP contribution is -2.47. The molecule has 0 N–H and O–H groups in total. The van der Waals surface area contributed by atoms with Crippen LogP contribution in [0.2, 0.25) is 0 Å². The molecule has 1 aromatic carbocycles. The van der Waals surface area contributed by atoms with Crippen molar-refractivity contribution in [3.63, 3.8) is 0 Å². The monoisotopic (exact) mass is 533 g/mol. The lowest BCUT2D eigenvalue weighted by atomic mass is 10.1. The van der Waals surface area contributed by atoms with Crippen LogP contribution in [-0.2, 0) is 19.5 Å². The first kappa shape index (κ1) is 26.6. The van der Waals surface area contributed by atoms with E-state index in [9.17, 15) is 8.42 Å². The minimum Gasteiger partial charge on any atom is -0.473 e. The quantitative estimate of drug-likeness (QED) is 0.471. The van der Waals surface area contributed by atoms with Crippen LogP contribution in [0.15, 0.2) is 42.7 Å². The molecule has 3 aromatic rings. The van der Waals surface area contributed by atoms with E-state index in [0.717, 1.165) is 36.6 Å². The second-order valence-corrected chi connectivity index (χ2v) is 10.8. The number of fused-ring (bicyclic) bond motifs is 1. The Morgan fingerprint density at radius 1 is 1.06 bits per heavy atom. The summed E-state index contributed by atoms with van der Waals surface area (Å²) in [6.07, 6.45) is 4.24. The van der Waals surface area contributed by atoms with Crippen LogP contribution in [0.1, 0.15) is 6.92 Å². The van der Waals surface area contributed by atoms with E-state index in [2.05, 4.69) is 33.9 Å². The molecule has 4 heterocycles. The van der Waals surface area contributed by atoms with Crippen LogP contribution in [0.25, 0.3) is 22.3 Å². The maximum atomic E-state index is 11.9. The van der Waals surface area contributed by atoms with Gasteiger partial charge in [-0.1, -0.05) is 12.1 Å². The van der Waals surface area contributed by atoms with Gasteiger partial charge in [0.05, 0.1) is 36.8 Å². The van der Waals surface area contributed by atoms with Gasteiger partial charge in [0.15, 0.2) is 5.52 Å². The van der Waals surface area contributed by atoms with E-state index >= 15 is 0 Å². The average Bonchev–Trinajstić information content (AvgIpc) is 2.87. The van der Waals surface area contributed by atoms with Crippen molar-refractivity contribution in [3.05, 3.63) is 42.7 Å². The number of sulfonamides is 1. The summed E-state index contributed by atoms with van der Waals surface area (Å²) >= 11 is 0. The van der Waals surface area contributed by atoms with Gasteiger partial charge in [0.2, 0.25) is 15.9 Å². The van der Waals surface area contributed by atoms with Crippen molar-refractivity contribution in [2.24, 2.45) is 0 Å². The highest BCUT2D eigenvalue weighted by Gasteiger charge is 2.27. The number of nitrogens with zero attached hydrogens (tertiary/aromatic N) is 5. The van der Waals surface area contributed by atoms with Crippen molar-refractivity contribution in [2.45, 2.75) is 19.1 Å². The standard InChI is InChI=1S/C24H29N5O5S.H2S/c1-17-14-28(9-11-32-17)19-5-3-18(4-6-19)21-13-22-23(26-8-7-25-22)24(27-21)34-16-20-15-29(10-12-33-20)35(2,30)31;/h3-8,13,17,20H,9-12,14-16H2,1-2H3;1H2/t17?,20-;/m0./s1. The molecule has 0 aliphatic carbocycles. The topological polar surface area (TPSA) is 107 Å². The SMILES string of the molecule is CC1CN(c2ccc(-c3cc4nccnc4c(OC[C@@H]4CN(S(C)(=O)=O)CCO4)n3)cc2)CCO1.S. The van der Waals surface area contributed by atoms with E-state index in [0.29, 0.717) is 30.1 Å². The average molecular weight is 534 g/mol. The molecule has 2 aromatic heterocycles. The zero-order valence-electron chi connectivity index (χ0n) is 20.3. The third kappa shape index (κ3) is 6.06. The molecule has 2 fully saturated rings. The molecular formula is C24H31N5O5S2. The fourth-order valence-corrected chi connectivity index (χ4v) is 5.20. The molecule has 194 valence electrons. The van der Waals surface area contributed by atoms with Crippen LogP contribution in [0, 0.1) is 0 Å². The van der Waals surface area contributed by atoms with Crippen LogP contribution in [-0.4, -0.2) is 92.1 Å². The number of ether oxygens (including phenoxy) is 3. The summed E-state index contributed by atoms with van der Waals surface area (Å²) < 4.78 is 42.6. The maximum absolute atomic E-state index is 11.9. The Balaban J connectivity index is 0.00000304. The first-order valence-electron chi connectivity index (χ1n) is 11.6. The molecule has 2 aliphatic rings. The van der Waals surface area contributed by atoms with Crippen LogP contribution in [0.3, 0.4) is 0 Å². The fraction of sp³-hybridized carbons (Fsp3) is 0.458. The lowest BCUT2D eigenvalue weighted by molar-refractivity contribution is -0.0252. The van der Waals surface area contributed by atoms with Crippen molar-refractivity contribution >= 4 is 40.2 Å². The van der Waals surface area contributed by atoms with Gasteiger partial charge in [-0.15, -0.1) is 0 Å². The van der Waals surface area contributed by atoms with Gasteiger partial charge in [-0.2, -0.15) is 17.8 Å². The Kier molecular flexibility index (Phi) is 8.30. The Morgan fingerprint density at radius 3 is 2.56 bits per heavy atom. The number of aromatic nitrogens is 3. The predicted octanol–water partition coefficient (Wildman–Crippen LogP) is 2.07. The summed E-state index contributed by atoms with van der Waals surface area (Å²) in [5, 5.41) is 0. The highest BCUT2D eigenvalue weighted by atomic mass is 32.2. The number of pyridine rings is 1. The Labute approximate surface area is 218 Å². The van der Waals surface area contributed by atoms with Gasteiger partial charge in [0.1, 0.15) is 12.7 Å². The minimum atomic E-state index is -3.28. The van der Waals surface area contributed by atoms with E-state index in [-0.39, 0.29) is 32.8 Å². The molecule has 0 radical (unpaired) electrons. The van der Waals surface area contributed by atoms with E-state index < -0.39 is 16.1 Å². The third-order valence-corrected chi connectivity index (χ3v) is 7.44. The Bertz CT molecular complexity index is 1290. The number of hydrogen-bond donors (Lipinski definition) is 0. The molecule has 2 aliphatic heterocycles. The highest BCUT2D eigenvalue weighted by molar-refractivity contribution is 7.88. The van der Waals surface area contributed by atoms with Crippen molar-refractivity contribution in [3.8, 4) is 17.1 Å². The second-order valence-electron chi connectivity index (χ2n) is 8.84. The van der Waals surface area contributed by atoms with E-state index in [1.807, 2.05) is 18.2 Å². The van der Waals surface area contributed by atoms with Gasteiger partial charge in [0.25, 0.3) is 0 Å². The molecule has 0 spiro atoms. The van der Waals surface area contributed by atoms with Crippen molar-refractivity contribution in [1.82, 2.24) is 19.3 Å². The van der Waals surface area contributed by atoms with E-state index in [1.165, 1.54) is 10.6 Å². The molecule has 0 saturated carbocycles. The summed E-state index contributed by atoms with van der Waals surface area (Å²) in [5.41, 5.74) is 4.01. The molecule has 10 nitrogen and oxygen atoms in total.